The van der Waals surface area contributed by atoms with Crippen LogP contribution in [0, 0.1) is 24.0 Å². The van der Waals surface area contributed by atoms with Gasteiger partial charge >= 0.3 is 0 Å². The van der Waals surface area contributed by atoms with Gasteiger partial charge in [0.15, 0.2) is 0 Å². The fraction of sp³-hybridized carbons (Fsp3) is 0.250. The van der Waals surface area contributed by atoms with Crippen molar-refractivity contribution in [2.24, 2.45) is 0 Å². The molecule has 9 heteroatoms. The van der Waals surface area contributed by atoms with Crippen molar-refractivity contribution in [1.29, 1.82) is 0 Å². The fourth-order valence-electron chi connectivity index (χ4n) is 2.40. The van der Waals surface area contributed by atoms with Gasteiger partial charge in [-0.1, -0.05) is 12.1 Å². The standard InChI is InChI=1S/C16H19N3O4S.ClH/c1-11-9-12(2)16(10-15(11)19(20)21)24(22,23)18-8-7-13-3-5-14(17)6-4-13;/h3-6,9-10,18H,7-8,17H2,1-2H3;1H. The molecule has 0 spiro atoms. The first-order valence-electron chi connectivity index (χ1n) is 7.30. The molecule has 25 heavy (non-hydrogen) atoms. The molecule has 0 aromatic heterocycles. The maximum atomic E-state index is 12.4. The molecule has 0 amide bonds. The Morgan fingerprint density at radius 3 is 2.28 bits per heavy atom. The van der Waals surface area contributed by atoms with Crippen molar-refractivity contribution in [3.05, 3.63) is 63.2 Å². The molecule has 3 N–H and O–H groups in total. The summed E-state index contributed by atoms with van der Waals surface area (Å²) < 4.78 is 27.3. The Morgan fingerprint density at radius 2 is 1.72 bits per heavy atom. The molecule has 0 atom stereocenters. The second-order valence-corrected chi connectivity index (χ2v) is 7.29. The first kappa shape index (κ1) is 20.9. The maximum Gasteiger partial charge on any atom is 0.273 e. The first-order valence-corrected chi connectivity index (χ1v) is 8.79. The predicted octanol–water partition coefficient (Wildman–Crippen LogP) is 2.74. The zero-order chi connectivity index (χ0) is 17.9. The third-order valence-corrected chi connectivity index (χ3v) is 5.27. The SMILES string of the molecule is Cc1cc(C)c(S(=O)(=O)NCCc2ccc(N)cc2)cc1[N+](=O)[O-].Cl. The van der Waals surface area contributed by atoms with E-state index in [1.165, 1.54) is 6.07 Å². The summed E-state index contributed by atoms with van der Waals surface area (Å²) in [6.07, 6.45) is 0.493. The number of nitro groups is 1. The largest absolute Gasteiger partial charge is 0.399 e. The van der Waals surface area contributed by atoms with E-state index in [1.54, 1.807) is 26.0 Å². The van der Waals surface area contributed by atoms with Crippen molar-refractivity contribution in [1.82, 2.24) is 4.72 Å². The zero-order valence-electron chi connectivity index (χ0n) is 13.9. The highest BCUT2D eigenvalue weighted by molar-refractivity contribution is 7.89. The monoisotopic (exact) mass is 385 g/mol. The Morgan fingerprint density at radius 1 is 1.12 bits per heavy atom. The van der Waals surface area contributed by atoms with Crippen LogP contribution >= 0.6 is 12.4 Å². The Bertz CT molecular complexity index is 868. The van der Waals surface area contributed by atoms with Gasteiger partial charge in [0.2, 0.25) is 10.0 Å². The van der Waals surface area contributed by atoms with Crippen molar-refractivity contribution in [2.75, 3.05) is 12.3 Å². The molecule has 0 unspecified atom stereocenters. The van der Waals surface area contributed by atoms with Gasteiger partial charge in [0.25, 0.3) is 5.69 Å². The summed E-state index contributed by atoms with van der Waals surface area (Å²) in [6, 6.07) is 9.76. The van der Waals surface area contributed by atoms with Crippen molar-refractivity contribution in [3.63, 3.8) is 0 Å². The molecule has 0 heterocycles. The summed E-state index contributed by atoms with van der Waals surface area (Å²) >= 11 is 0. The Hall–Kier alpha value is -2.16. The quantitative estimate of drug-likeness (QED) is 0.450. The molecule has 0 aliphatic carbocycles. The number of rotatable bonds is 6. The van der Waals surface area contributed by atoms with Gasteiger partial charge < -0.3 is 5.73 Å². The van der Waals surface area contributed by atoms with Crippen molar-refractivity contribution in [3.8, 4) is 0 Å². The van der Waals surface area contributed by atoms with Crippen LogP contribution in [0.5, 0.6) is 0 Å². The number of halogens is 1. The highest BCUT2D eigenvalue weighted by Gasteiger charge is 2.22. The minimum absolute atomic E-state index is 0. The first-order chi connectivity index (χ1) is 11.2. The number of nitrogen functional groups attached to an aromatic ring is 1. The second kappa shape index (κ2) is 8.28. The van der Waals surface area contributed by atoms with E-state index in [0.717, 1.165) is 11.6 Å². The van der Waals surface area contributed by atoms with Gasteiger partial charge in [0.1, 0.15) is 0 Å². The molecule has 0 fully saturated rings. The molecule has 7 nitrogen and oxygen atoms in total. The Balaban J connectivity index is 0.00000312. The van der Waals surface area contributed by atoms with Gasteiger partial charge in [-0.25, -0.2) is 13.1 Å². The van der Waals surface area contributed by atoms with Crippen LogP contribution in [0.3, 0.4) is 0 Å². The van der Waals surface area contributed by atoms with Crippen LogP contribution in [-0.4, -0.2) is 19.9 Å². The lowest BCUT2D eigenvalue weighted by atomic mass is 10.1. The molecule has 2 aromatic carbocycles. The average Bonchev–Trinajstić information content (AvgIpc) is 2.48. The second-order valence-electron chi connectivity index (χ2n) is 5.55. The van der Waals surface area contributed by atoms with Gasteiger partial charge in [0, 0.05) is 23.9 Å². The van der Waals surface area contributed by atoms with E-state index in [0.29, 0.717) is 23.2 Å². The minimum Gasteiger partial charge on any atom is -0.399 e. The molecule has 0 saturated carbocycles. The molecule has 0 saturated heterocycles. The third kappa shape index (κ3) is 5.15. The highest BCUT2D eigenvalue weighted by Crippen LogP contribution is 2.25. The lowest BCUT2D eigenvalue weighted by Gasteiger charge is -2.10. The van der Waals surface area contributed by atoms with Crippen LogP contribution < -0.4 is 10.5 Å². The number of nitro benzene ring substituents is 1. The van der Waals surface area contributed by atoms with Gasteiger partial charge in [-0.3, -0.25) is 10.1 Å². The molecule has 136 valence electrons. The number of nitrogens with one attached hydrogen (secondary N) is 1. The molecular weight excluding hydrogens is 366 g/mol. The highest BCUT2D eigenvalue weighted by atomic mass is 35.5. The number of sulfonamides is 1. The third-order valence-electron chi connectivity index (χ3n) is 3.67. The van der Waals surface area contributed by atoms with Crippen molar-refractivity contribution < 1.29 is 13.3 Å². The number of nitrogens with zero attached hydrogens (tertiary/aromatic N) is 1. The van der Waals surface area contributed by atoms with Crippen LogP contribution in [0.15, 0.2) is 41.3 Å². The number of hydrogen-bond donors (Lipinski definition) is 2. The summed E-state index contributed by atoms with van der Waals surface area (Å²) in [7, 11) is -3.82. The zero-order valence-corrected chi connectivity index (χ0v) is 15.5. The summed E-state index contributed by atoms with van der Waals surface area (Å²) in [5.74, 6) is 0. The van der Waals surface area contributed by atoms with E-state index in [-0.39, 0.29) is 29.5 Å². The molecule has 2 aromatic rings. The molecule has 0 aliphatic heterocycles. The number of hydrogen-bond acceptors (Lipinski definition) is 5. The summed E-state index contributed by atoms with van der Waals surface area (Å²) in [5.41, 5.74) is 7.88. The summed E-state index contributed by atoms with van der Waals surface area (Å²) in [4.78, 5) is 10.4. The van der Waals surface area contributed by atoms with Crippen LogP contribution in [0.25, 0.3) is 0 Å². The molecule has 2 rings (SSSR count). The lowest BCUT2D eigenvalue weighted by Crippen LogP contribution is -2.26. The number of anilines is 1. The maximum absolute atomic E-state index is 12.4. The normalized spacial score (nSPS) is 11.0. The van der Waals surface area contributed by atoms with Gasteiger partial charge in [-0.2, -0.15) is 0 Å². The summed E-state index contributed by atoms with van der Waals surface area (Å²) in [6.45, 7) is 3.38. The number of aryl methyl sites for hydroxylation is 2. The number of benzene rings is 2. The van der Waals surface area contributed by atoms with E-state index < -0.39 is 14.9 Å². The Kier molecular flexibility index (Phi) is 6.92. The molecule has 0 aliphatic rings. The number of nitrogens with two attached hydrogens (primary N) is 1. The van der Waals surface area contributed by atoms with E-state index in [1.807, 2.05) is 12.1 Å². The van der Waals surface area contributed by atoms with Crippen LogP contribution in [0.2, 0.25) is 0 Å². The van der Waals surface area contributed by atoms with E-state index in [9.17, 15) is 18.5 Å². The van der Waals surface area contributed by atoms with Gasteiger partial charge in [0.05, 0.1) is 9.82 Å². The smallest absolute Gasteiger partial charge is 0.273 e. The van der Waals surface area contributed by atoms with Gasteiger partial charge in [-0.15, -0.1) is 12.4 Å². The van der Waals surface area contributed by atoms with E-state index in [4.69, 9.17) is 5.73 Å². The molecular formula is C16H20ClN3O4S. The van der Waals surface area contributed by atoms with Crippen LogP contribution in [0.4, 0.5) is 11.4 Å². The molecule has 0 radical (unpaired) electrons. The molecule has 0 bridgehead atoms. The van der Waals surface area contributed by atoms with Crippen molar-refractivity contribution in [2.45, 2.75) is 25.2 Å². The van der Waals surface area contributed by atoms with Crippen molar-refractivity contribution >= 4 is 33.8 Å². The topological polar surface area (TPSA) is 115 Å². The average molecular weight is 386 g/mol. The van der Waals surface area contributed by atoms with E-state index >= 15 is 0 Å². The van der Waals surface area contributed by atoms with E-state index in [2.05, 4.69) is 4.72 Å². The summed E-state index contributed by atoms with van der Waals surface area (Å²) in [5, 5.41) is 11.0. The van der Waals surface area contributed by atoms with Gasteiger partial charge in [-0.05, 0) is 49.6 Å². The predicted molar refractivity (Wildman–Crippen MR) is 99.6 cm³/mol. The minimum atomic E-state index is -3.82. The lowest BCUT2D eigenvalue weighted by molar-refractivity contribution is -0.385. The van der Waals surface area contributed by atoms with Crippen LogP contribution in [0.1, 0.15) is 16.7 Å². The van der Waals surface area contributed by atoms with Crippen LogP contribution in [-0.2, 0) is 16.4 Å². The Labute approximate surface area is 152 Å². The fourth-order valence-corrected chi connectivity index (χ4v) is 3.68.